The van der Waals surface area contributed by atoms with Crippen LogP contribution in [0.5, 0.6) is 0 Å². The highest BCUT2D eigenvalue weighted by molar-refractivity contribution is 5.97. The lowest BCUT2D eigenvalue weighted by molar-refractivity contribution is -0.124. The molecule has 0 fully saturated rings. The number of nitrogens with zero attached hydrogens (tertiary/aromatic N) is 3. The summed E-state index contributed by atoms with van der Waals surface area (Å²) in [7, 11) is 3.46. The molecule has 1 aromatic carbocycles. The molecule has 2 N–H and O–H groups in total. The van der Waals surface area contributed by atoms with Crippen LogP contribution in [0.15, 0.2) is 18.2 Å². The molecule has 0 aliphatic carbocycles. The molecule has 2 atom stereocenters. The van der Waals surface area contributed by atoms with Gasteiger partial charge in [0, 0.05) is 26.2 Å². The van der Waals surface area contributed by atoms with Crippen molar-refractivity contribution in [3.8, 4) is 11.4 Å². The topological polar surface area (TPSA) is 79.3 Å². The van der Waals surface area contributed by atoms with E-state index >= 15 is 0 Å². The predicted molar refractivity (Wildman–Crippen MR) is 118 cm³/mol. The van der Waals surface area contributed by atoms with Crippen LogP contribution in [-0.4, -0.2) is 52.4 Å². The number of fused-ring (bicyclic) bond motifs is 1. The molecule has 7 nitrogen and oxygen atoms in total. The van der Waals surface area contributed by atoms with E-state index in [1.54, 1.807) is 4.57 Å². The zero-order chi connectivity index (χ0) is 23.8. The first-order chi connectivity index (χ1) is 14.9. The lowest BCUT2D eigenvalue weighted by Crippen LogP contribution is -2.53. The van der Waals surface area contributed by atoms with Crippen LogP contribution < -0.4 is 10.6 Å². The summed E-state index contributed by atoms with van der Waals surface area (Å²) >= 11 is 0. The number of rotatable bonds is 4. The number of hydrogen-bond acceptors (Lipinski definition) is 4. The second-order valence-electron chi connectivity index (χ2n) is 9.45. The van der Waals surface area contributed by atoms with Crippen LogP contribution in [0, 0.1) is 17.0 Å². The Bertz CT molecular complexity index is 1030. The molecule has 0 bridgehead atoms. The number of amides is 2. The molecule has 1 unspecified atom stereocenters. The van der Waals surface area contributed by atoms with Crippen LogP contribution in [0.4, 0.5) is 8.78 Å². The largest absolute Gasteiger partial charge is 0.357 e. The number of likely N-dealkylation sites (N-methyl/N-ethyl adjacent to an activating group) is 1. The van der Waals surface area contributed by atoms with Gasteiger partial charge in [0.1, 0.15) is 23.5 Å². The predicted octanol–water partition coefficient (Wildman–Crippen LogP) is 2.94. The van der Waals surface area contributed by atoms with E-state index < -0.39 is 29.0 Å². The van der Waals surface area contributed by atoms with E-state index in [-0.39, 0.29) is 29.0 Å². The van der Waals surface area contributed by atoms with E-state index in [0.717, 1.165) is 24.6 Å². The zero-order valence-corrected chi connectivity index (χ0v) is 19.4. The smallest absolute Gasteiger partial charge is 0.272 e. The van der Waals surface area contributed by atoms with Gasteiger partial charge < -0.3 is 15.2 Å². The van der Waals surface area contributed by atoms with Crippen molar-refractivity contribution >= 4 is 11.8 Å². The third-order valence-electron chi connectivity index (χ3n) is 6.03. The summed E-state index contributed by atoms with van der Waals surface area (Å²) in [6.07, 6.45) is 0.758. The number of benzene rings is 1. The fourth-order valence-electron chi connectivity index (χ4n) is 3.89. The summed E-state index contributed by atoms with van der Waals surface area (Å²) in [6.45, 7) is 8.54. The molecule has 1 aliphatic heterocycles. The van der Waals surface area contributed by atoms with E-state index in [9.17, 15) is 18.4 Å². The maximum absolute atomic E-state index is 14.6. The number of hydrogen-bond donors (Lipinski definition) is 2. The zero-order valence-electron chi connectivity index (χ0n) is 19.4. The Hall–Kier alpha value is -2.81. The third kappa shape index (κ3) is 4.67. The average Bonchev–Trinajstić information content (AvgIpc) is 3.00. The fraction of sp³-hybridized carbons (Fsp3) is 0.522. The minimum absolute atomic E-state index is 0.00109. The van der Waals surface area contributed by atoms with Gasteiger partial charge >= 0.3 is 0 Å². The molecule has 0 radical (unpaired) electrons. The summed E-state index contributed by atoms with van der Waals surface area (Å²) in [5, 5.41) is 5.38. The summed E-state index contributed by atoms with van der Waals surface area (Å²) in [5.41, 5.74) is 0.177. The molecular weight excluding hydrogens is 416 g/mol. The van der Waals surface area contributed by atoms with Crippen molar-refractivity contribution in [3.05, 3.63) is 41.2 Å². The number of nitrogens with one attached hydrogen (secondary N) is 2. The van der Waals surface area contributed by atoms with Crippen LogP contribution in [0.2, 0.25) is 0 Å². The van der Waals surface area contributed by atoms with Crippen molar-refractivity contribution in [2.75, 3.05) is 14.1 Å². The number of imidazole rings is 1. The van der Waals surface area contributed by atoms with Gasteiger partial charge in [-0.05, 0) is 44.0 Å². The molecule has 0 saturated carbocycles. The van der Waals surface area contributed by atoms with E-state index in [1.807, 2.05) is 27.8 Å². The lowest BCUT2D eigenvalue weighted by Gasteiger charge is -2.29. The van der Waals surface area contributed by atoms with E-state index in [2.05, 4.69) is 27.4 Å². The van der Waals surface area contributed by atoms with Crippen molar-refractivity contribution in [2.45, 2.75) is 59.3 Å². The first kappa shape index (κ1) is 23.8. The number of halogens is 2. The lowest BCUT2D eigenvalue weighted by atomic mass is 9.86. The van der Waals surface area contributed by atoms with Crippen molar-refractivity contribution in [1.29, 1.82) is 0 Å². The number of carbonyl (C=O) groups excluding carboxylic acids is 2. The molecule has 2 heterocycles. The minimum atomic E-state index is -0.797. The van der Waals surface area contributed by atoms with E-state index in [4.69, 9.17) is 0 Å². The molecule has 1 aromatic heterocycles. The van der Waals surface area contributed by atoms with Crippen LogP contribution in [-0.2, 0) is 17.9 Å². The van der Waals surface area contributed by atoms with Crippen LogP contribution in [0.3, 0.4) is 0 Å². The normalized spacial score (nSPS) is 17.9. The highest BCUT2D eigenvalue weighted by Gasteiger charge is 2.35. The van der Waals surface area contributed by atoms with Gasteiger partial charge in [-0.1, -0.05) is 20.8 Å². The second-order valence-corrected chi connectivity index (χ2v) is 9.45. The Morgan fingerprint density at radius 2 is 1.94 bits per heavy atom. The molecule has 174 valence electrons. The van der Waals surface area contributed by atoms with Crippen molar-refractivity contribution < 1.29 is 18.4 Å². The molecule has 2 aromatic rings. The van der Waals surface area contributed by atoms with Gasteiger partial charge in [-0.15, -0.1) is 0 Å². The summed E-state index contributed by atoms with van der Waals surface area (Å²) < 4.78 is 30.3. The van der Waals surface area contributed by atoms with Crippen molar-refractivity contribution in [2.24, 2.45) is 5.41 Å². The Morgan fingerprint density at radius 3 is 2.56 bits per heavy atom. The molecule has 0 spiro atoms. The molecule has 1 aliphatic rings. The number of carbonyl (C=O) groups is 2. The fourth-order valence-corrected chi connectivity index (χ4v) is 3.89. The van der Waals surface area contributed by atoms with E-state index in [0.29, 0.717) is 18.8 Å². The highest BCUT2D eigenvalue weighted by atomic mass is 19.1. The van der Waals surface area contributed by atoms with Gasteiger partial charge in [0.15, 0.2) is 5.69 Å². The average molecular weight is 448 g/mol. The Balaban J connectivity index is 2.12. The van der Waals surface area contributed by atoms with Gasteiger partial charge in [0.2, 0.25) is 5.91 Å². The first-order valence-electron chi connectivity index (χ1n) is 10.7. The van der Waals surface area contributed by atoms with E-state index in [1.165, 1.54) is 7.05 Å². The minimum Gasteiger partial charge on any atom is -0.357 e. The Labute approximate surface area is 187 Å². The summed E-state index contributed by atoms with van der Waals surface area (Å²) in [6, 6.07) is 2.62. The second kappa shape index (κ2) is 8.97. The molecular formula is C23H31F2N5O2. The van der Waals surface area contributed by atoms with Gasteiger partial charge in [-0.2, -0.15) is 0 Å². The van der Waals surface area contributed by atoms with Gasteiger partial charge in [-0.25, -0.2) is 13.8 Å². The quantitative estimate of drug-likeness (QED) is 0.756. The maximum atomic E-state index is 14.6. The molecule has 2 amide bonds. The van der Waals surface area contributed by atoms with Crippen molar-refractivity contribution in [3.63, 3.8) is 0 Å². The molecule has 9 heteroatoms. The van der Waals surface area contributed by atoms with Gasteiger partial charge in [0.05, 0.1) is 11.3 Å². The Kier molecular flexibility index (Phi) is 6.69. The third-order valence-corrected chi connectivity index (χ3v) is 6.03. The van der Waals surface area contributed by atoms with Crippen LogP contribution in [0.25, 0.3) is 11.4 Å². The number of aromatic nitrogens is 2. The SMILES string of the molecule is CNC(=O)[C@@H](NC(=O)c1nc(-c2cc(F)ccc2F)n2c1CN(C)C(C)CC2)C(C)(C)C. The van der Waals surface area contributed by atoms with Crippen molar-refractivity contribution in [1.82, 2.24) is 25.1 Å². The van der Waals surface area contributed by atoms with Gasteiger partial charge in [0.25, 0.3) is 5.91 Å². The molecule has 32 heavy (non-hydrogen) atoms. The Morgan fingerprint density at radius 1 is 1.25 bits per heavy atom. The molecule has 0 saturated heterocycles. The van der Waals surface area contributed by atoms with Crippen LogP contribution >= 0.6 is 0 Å². The highest BCUT2D eigenvalue weighted by Crippen LogP contribution is 2.30. The van der Waals surface area contributed by atoms with Gasteiger partial charge in [-0.3, -0.25) is 14.5 Å². The first-order valence-corrected chi connectivity index (χ1v) is 10.7. The van der Waals surface area contributed by atoms with Crippen LogP contribution in [0.1, 0.15) is 50.3 Å². The maximum Gasteiger partial charge on any atom is 0.272 e. The standard InChI is InChI=1S/C23H31F2N5O2/c1-13-9-10-30-17(12-29(13)6)18(21(31)28-19(22(32)26-5)23(2,3)4)27-20(30)15-11-14(24)7-8-16(15)25/h7-8,11,13,19H,9-10,12H2,1-6H3,(H,26,32)(H,28,31)/t13?,19-/m1/s1. The summed E-state index contributed by atoms with van der Waals surface area (Å²) in [5.74, 6) is -1.84. The monoisotopic (exact) mass is 447 g/mol. The summed E-state index contributed by atoms with van der Waals surface area (Å²) in [4.78, 5) is 32.3. The molecule has 3 rings (SSSR count).